The van der Waals surface area contributed by atoms with Gasteiger partial charge in [0.25, 0.3) is 16.3 Å². The molecule has 1 fully saturated rings. The number of hydrogen-bond acceptors (Lipinski definition) is 12. The maximum Gasteiger partial charge on any atom is 0.511 e. The van der Waals surface area contributed by atoms with Crippen LogP contribution in [0.2, 0.25) is 0 Å². The Bertz CT molecular complexity index is 1840. The molecular weight excluding hydrogens is 705 g/mol. The van der Waals surface area contributed by atoms with Crippen LogP contribution in [-0.2, 0) is 44.8 Å². The van der Waals surface area contributed by atoms with Crippen LogP contribution in [0.1, 0.15) is 44.9 Å². The molecule has 1 aromatic heterocycles. The van der Waals surface area contributed by atoms with Crippen LogP contribution in [0.15, 0.2) is 64.8 Å². The minimum absolute atomic E-state index is 0.0802. The number of benzene rings is 2. The van der Waals surface area contributed by atoms with Gasteiger partial charge in [-0.05, 0) is 51.1 Å². The summed E-state index contributed by atoms with van der Waals surface area (Å²) in [7, 11) is -4.40. The summed E-state index contributed by atoms with van der Waals surface area (Å²) in [5.41, 5.74) is 0.489. The van der Waals surface area contributed by atoms with E-state index in [0.717, 1.165) is 28.4 Å². The summed E-state index contributed by atoms with van der Waals surface area (Å²) >= 11 is 0. The smallest absolute Gasteiger partial charge is 0.511 e. The molecule has 0 aliphatic carbocycles. The van der Waals surface area contributed by atoms with Crippen LogP contribution in [0.25, 0.3) is 16.9 Å². The van der Waals surface area contributed by atoms with Crippen molar-refractivity contribution < 1.29 is 60.0 Å². The van der Waals surface area contributed by atoms with Gasteiger partial charge in [0.15, 0.2) is 5.69 Å². The van der Waals surface area contributed by atoms with Crippen molar-refractivity contribution in [3.8, 4) is 16.9 Å². The molecule has 51 heavy (non-hydrogen) atoms. The second-order valence-electron chi connectivity index (χ2n) is 11.7. The number of nitrogens with zero attached hydrogens (tertiary/aromatic N) is 5. The monoisotopic (exact) mass is 740 g/mol. The van der Waals surface area contributed by atoms with E-state index in [1.807, 2.05) is 11.6 Å². The first-order valence-electron chi connectivity index (χ1n) is 15.4. The predicted molar refractivity (Wildman–Crippen MR) is 169 cm³/mol. The quantitative estimate of drug-likeness (QED) is 0.0792. The van der Waals surface area contributed by atoms with Gasteiger partial charge in [-0.1, -0.05) is 29.8 Å². The van der Waals surface area contributed by atoms with Gasteiger partial charge >= 0.3 is 18.3 Å². The van der Waals surface area contributed by atoms with Crippen molar-refractivity contribution in [1.82, 2.24) is 19.5 Å². The molecule has 1 N–H and O–H groups in total. The van der Waals surface area contributed by atoms with Gasteiger partial charge in [0.2, 0.25) is 11.2 Å². The SMILES string of the molecule is Cc1ccc(-c2cc(C(F)(F)F)nn2-c2ccc(S(=O)(=O)NC(=O)CCC(=O)OCC3CN(/[N+]([O-])=N/OC(C)OC(=O)OC(C)C)C3)cc2)cc1. The number of aryl methyl sites for hydroxylation is 1. The van der Waals surface area contributed by atoms with Crippen molar-refractivity contribution in [2.75, 3.05) is 19.7 Å². The van der Waals surface area contributed by atoms with E-state index in [4.69, 9.17) is 19.0 Å². The zero-order chi connectivity index (χ0) is 37.5. The molecule has 0 saturated carbocycles. The summed E-state index contributed by atoms with van der Waals surface area (Å²) in [6, 6.07) is 12.3. The van der Waals surface area contributed by atoms with E-state index in [2.05, 4.69) is 10.4 Å². The normalized spacial score (nSPS) is 14.4. The van der Waals surface area contributed by atoms with Crippen molar-refractivity contribution in [3.63, 3.8) is 0 Å². The van der Waals surface area contributed by atoms with E-state index in [-0.39, 0.29) is 46.9 Å². The second-order valence-corrected chi connectivity index (χ2v) is 13.4. The van der Waals surface area contributed by atoms with Gasteiger partial charge in [-0.25, -0.2) is 22.6 Å². The van der Waals surface area contributed by atoms with Crippen molar-refractivity contribution >= 4 is 28.1 Å². The third kappa shape index (κ3) is 10.8. The summed E-state index contributed by atoms with van der Waals surface area (Å²) in [6.45, 7) is 6.64. The molecule has 16 nitrogen and oxygen atoms in total. The van der Waals surface area contributed by atoms with Gasteiger partial charge < -0.3 is 19.4 Å². The molecule has 20 heteroatoms. The summed E-state index contributed by atoms with van der Waals surface area (Å²) in [6.07, 6.45) is -8.27. The first-order valence-corrected chi connectivity index (χ1v) is 16.9. The number of aromatic nitrogens is 2. The topological polar surface area (TPSA) is 194 Å². The number of alkyl halides is 3. The van der Waals surface area contributed by atoms with E-state index in [0.29, 0.717) is 5.56 Å². The Labute approximate surface area is 290 Å². The number of ether oxygens (including phenoxy) is 3. The maximum atomic E-state index is 13.5. The van der Waals surface area contributed by atoms with E-state index in [1.165, 1.54) is 24.1 Å². The van der Waals surface area contributed by atoms with Gasteiger partial charge in [0.1, 0.15) is 0 Å². The lowest BCUT2D eigenvalue weighted by Crippen LogP contribution is -2.52. The first kappa shape index (κ1) is 38.4. The highest BCUT2D eigenvalue weighted by molar-refractivity contribution is 7.90. The van der Waals surface area contributed by atoms with Crippen molar-refractivity contribution in [3.05, 3.63) is 71.1 Å². The van der Waals surface area contributed by atoms with Gasteiger partial charge in [0, 0.05) is 24.8 Å². The average Bonchev–Trinajstić information content (AvgIpc) is 3.48. The van der Waals surface area contributed by atoms with Crippen LogP contribution in [0.3, 0.4) is 0 Å². The largest absolute Gasteiger partial charge is 0.569 e. The fraction of sp³-hybridized carbons (Fsp3) is 0.419. The van der Waals surface area contributed by atoms with E-state index in [1.54, 1.807) is 38.1 Å². The number of hydrogen-bond donors (Lipinski definition) is 1. The molecule has 1 atom stereocenters. The van der Waals surface area contributed by atoms with Gasteiger partial charge in [-0.3, -0.25) is 14.4 Å². The van der Waals surface area contributed by atoms with Crippen LogP contribution < -0.4 is 4.72 Å². The molecule has 0 bridgehead atoms. The number of rotatable bonds is 14. The van der Waals surface area contributed by atoms with E-state index in [9.17, 15) is 41.2 Å². The number of amides is 1. The fourth-order valence-corrected chi connectivity index (χ4v) is 5.51. The summed E-state index contributed by atoms with van der Waals surface area (Å²) < 4.78 is 83.7. The molecule has 1 unspecified atom stereocenters. The number of sulfonamides is 1. The molecule has 1 saturated heterocycles. The standard InChI is InChI=1S/C31H35F3N6O10S/c1-19(2)48-30(43)49-21(4)50-37-40(44)38-16-22(17-38)18-47-29(42)14-13-28(41)36-51(45,46)25-11-9-24(10-12-25)39-26(15-27(35-39)31(32,33)34)23-7-5-20(3)6-8-23/h5-12,15,19,21-22H,13-14,16-18H2,1-4H3,(H,36,41)/b40-37-. The molecule has 276 valence electrons. The Hall–Kier alpha value is -5.40. The Balaban J connectivity index is 1.23. The summed E-state index contributed by atoms with van der Waals surface area (Å²) in [5, 5.41) is 20.2. The molecule has 1 aliphatic heterocycles. The zero-order valence-corrected chi connectivity index (χ0v) is 28.6. The molecule has 2 heterocycles. The molecular formula is C31H35F3N6O10S. The van der Waals surface area contributed by atoms with Gasteiger partial charge in [0.05, 0.1) is 53.5 Å². The highest BCUT2D eigenvalue weighted by atomic mass is 32.2. The van der Waals surface area contributed by atoms with Crippen molar-refractivity contribution in [1.29, 1.82) is 0 Å². The Morgan fingerprint density at radius 2 is 1.69 bits per heavy atom. The summed E-state index contributed by atoms with van der Waals surface area (Å²) in [5.74, 6) is -2.01. The van der Waals surface area contributed by atoms with Crippen LogP contribution in [0.4, 0.5) is 18.0 Å². The molecule has 1 amide bonds. The number of nitrogens with one attached hydrogen (secondary N) is 1. The summed E-state index contributed by atoms with van der Waals surface area (Å²) in [4.78, 5) is 40.5. The first-order chi connectivity index (χ1) is 23.9. The molecule has 0 radical (unpaired) electrons. The Morgan fingerprint density at radius 1 is 1.04 bits per heavy atom. The lowest BCUT2D eigenvalue weighted by Gasteiger charge is -2.33. The molecule has 0 spiro atoms. The maximum absolute atomic E-state index is 13.5. The lowest BCUT2D eigenvalue weighted by molar-refractivity contribution is -0.728. The predicted octanol–water partition coefficient (Wildman–Crippen LogP) is 4.64. The van der Waals surface area contributed by atoms with Crippen molar-refractivity contribution in [2.45, 2.75) is 64.0 Å². The Kier molecular flexibility index (Phi) is 12.1. The highest BCUT2D eigenvalue weighted by Crippen LogP contribution is 2.33. The fourth-order valence-electron chi connectivity index (χ4n) is 4.49. The van der Waals surface area contributed by atoms with E-state index >= 15 is 0 Å². The van der Waals surface area contributed by atoms with Crippen LogP contribution in [0.5, 0.6) is 0 Å². The van der Waals surface area contributed by atoms with E-state index < -0.39 is 65.2 Å². The molecule has 1 aliphatic rings. The third-order valence-electron chi connectivity index (χ3n) is 7.06. The third-order valence-corrected chi connectivity index (χ3v) is 8.45. The molecule has 2 aromatic carbocycles. The minimum Gasteiger partial charge on any atom is -0.569 e. The van der Waals surface area contributed by atoms with Crippen LogP contribution >= 0.6 is 0 Å². The van der Waals surface area contributed by atoms with Gasteiger partial charge in [-0.15, -0.1) is 5.01 Å². The van der Waals surface area contributed by atoms with Crippen LogP contribution in [0, 0.1) is 18.0 Å². The highest BCUT2D eigenvalue weighted by Gasteiger charge is 2.36. The Morgan fingerprint density at radius 3 is 2.29 bits per heavy atom. The molecule has 4 rings (SSSR count). The van der Waals surface area contributed by atoms with Crippen molar-refractivity contribution in [2.24, 2.45) is 11.2 Å². The van der Waals surface area contributed by atoms with Crippen LogP contribution in [-0.4, -0.2) is 78.3 Å². The van der Waals surface area contributed by atoms with Gasteiger partial charge in [-0.2, -0.15) is 18.3 Å². The zero-order valence-electron chi connectivity index (χ0n) is 27.8. The number of carbonyl (C=O) groups excluding carboxylic acids is 3. The number of hydrazine groups is 1. The minimum atomic E-state index is -4.72. The number of carbonyl (C=O) groups is 3. The number of halogens is 3. The number of esters is 1. The second kappa shape index (κ2) is 16.1. The average molecular weight is 741 g/mol. The molecule has 3 aromatic rings. The lowest BCUT2D eigenvalue weighted by atomic mass is 10.0.